The summed E-state index contributed by atoms with van der Waals surface area (Å²) >= 11 is 0. The molecule has 0 atom stereocenters. The second-order valence-electron chi connectivity index (χ2n) is 4.53. The van der Waals surface area contributed by atoms with Crippen molar-refractivity contribution in [2.75, 3.05) is 0 Å². The third-order valence-electron chi connectivity index (χ3n) is 3.26. The van der Waals surface area contributed by atoms with Crippen molar-refractivity contribution in [2.45, 2.75) is 6.61 Å². The Morgan fingerprint density at radius 3 is 2.62 bits per heavy atom. The highest BCUT2D eigenvalue weighted by Crippen LogP contribution is 2.22. The molecule has 100 valence electrons. The molecule has 0 bridgehead atoms. The fraction of sp³-hybridized carbons (Fsp3) is 0.0588. The molecule has 2 aromatic heterocycles. The van der Waals surface area contributed by atoms with Crippen molar-refractivity contribution in [3.63, 3.8) is 0 Å². The van der Waals surface area contributed by atoms with Gasteiger partial charge in [-0.1, -0.05) is 18.2 Å². The lowest BCUT2D eigenvalue weighted by molar-refractivity contribution is 0.305. The zero-order valence-corrected chi connectivity index (χ0v) is 11.2. The zero-order chi connectivity index (χ0) is 14.7. The maximum atomic E-state index is 9.33. The molecule has 0 aliphatic heterocycles. The van der Waals surface area contributed by atoms with Gasteiger partial charge in [-0.2, -0.15) is 10.5 Å². The molecule has 3 aromatic rings. The van der Waals surface area contributed by atoms with E-state index in [1.807, 2.05) is 41.1 Å². The highest BCUT2D eigenvalue weighted by Gasteiger charge is 2.11. The van der Waals surface area contributed by atoms with Crippen molar-refractivity contribution in [1.82, 2.24) is 4.40 Å². The fourth-order valence-electron chi connectivity index (χ4n) is 2.26. The van der Waals surface area contributed by atoms with E-state index in [9.17, 15) is 5.26 Å². The van der Waals surface area contributed by atoms with Crippen LogP contribution in [0.5, 0.6) is 5.75 Å². The first-order valence-corrected chi connectivity index (χ1v) is 6.44. The fourth-order valence-corrected chi connectivity index (χ4v) is 2.26. The topological polar surface area (TPSA) is 61.2 Å². The van der Waals surface area contributed by atoms with E-state index < -0.39 is 0 Å². The summed E-state index contributed by atoms with van der Waals surface area (Å²) in [6.45, 7) is 0.253. The summed E-state index contributed by atoms with van der Waals surface area (Å²) in [5.41, 5.74) is 2.74. The number of nitrogens with zero attached hydrogens (tertiary/aromatic N) is 3. The number of pyridine rings is 1. The Bertz CT molecular complexity index is 881. The molecular weight excluding hydrogens is 262 g/mol. The van der Waals surface area contributed by atoms with Gasteiger partial charge in [-0.05, 0) is 24.3 Å². The number of hydrogen-bond acceptors (Lipinski definition) is 3. The standard InChI is InChI=1S/C17H11N3O/c18-9-13-5-1-2-7-17(13)21-12-14-11-20-8-4-3-6-16(20)15(14)10-19/h1-8,11H,12H2. The van der Waals surface area contributed by atoms with Crippen molar-refractivity contribution in [1.29, 1.82) is 10.5 Å². The number of fused-ring (bicyclic) bond motifs is 1. The van der Waals surface area contributed by atoms with Gasteiger partial charge < -0.3 is 9.14 Å². The largest absolute Gasteiger partial charge is 0.487 e. The zero-order valence-electron chi connectivity index (χ0n) is 11.2. The minimum Gasteiger partial charge on any atom is -0.487 e. The molecule has 0 aliphatic rings. The SMILES string of the molecule is N#Cc1ccccc1OCc1cn2ccccc2c1C#N. The molecular formula is C17H11N3O. The predicted molar refractivity (Wildman–Crippen MR) is 77.6 cm³/mol. The summed E-state index contributed by atoms with van der Waals surface area (Å²) in [7, 11) is 0. The highest BCUT2D eigenvalue weighted by molar-refractivity contribution is 5.65. The number of rotatable bonds is 3. The van der Waals surface area contributed by atoms with Gasteiger partial charge in [-0.25, -0.2) is 0 Å². The van der Waals surface area contributed by atoms with Gasteiger partial charge in [0.25, 0.3) is 0 Å². The molecule has 0 aliphatic carbocycles. The summed E-state index contributed by atoms with van der Waals surface area (Å²) in [5, 5.41) is 18.4. The molecule has 0 fully saturated rings. The van der Waals surface area contributed by atoms with Crippen molar-refractivity contribution < 1.29 is 4.74 Å². The highest BCUT2D eigenvalue weighted by atomic mass is 16.5. The van der Waals surface area contributed by atoms with Crippen LogP contribution in [0.25, 0.3) is 5.52 Å². The van der Waals surface area contributed by atoms with Gasteiger partial charge in [0.2, 0.25) is 0 Å². The molecule has 0 saturated carbocycles. The predicted octanol–water partition coefficient (Wildman–Crippen LogP) is 3.26. The lowest BCUT2D eigenvalue weighted by Gasteiger charge is -2.06. The van der Waals surface area contributed by atoms with Gasteiger partial charge in [0.1, 0.15) is 24.5 Å². The molecule has 0 amide bonds. The van der Waals surface area contributed by atoms with Gasteiger partial charge in [-0.15, -0.1) is 0 Å². The number of benzene rings is 1. The molecule has 0 radical (unpaired) electrons. The molecule has 3 rings (SSSR count). The maximum absolute atomic E-state index is 9.33. The summed E-state index contributed by atoms with van der Waals surface area (Å²) in [6, 6.07) is 17.1. The minimum atomic E-state index is 0.253. The Morgan fingerprint density at radius 1 is 1.00 bits per heavy atom. The van der Waals surface area contributed by atoms with E-state index in [0.717, 1.165) is 11.1 Å². The number of aromatic nitrogens is 1. The van der Waals surface area contributed by atoms with E-state index in [0.29, 0.717) is 16.9 Å². The van der Waals surface area contributed by atoms with Gasteiger partial charge in [0.15, 0.2) is 0 Å². The van der Waals surface area contributed by atoms with Gasteiger partial charge in [0.05, 0.1) is 16.6 Å². The van der Waals surface area contributed by atoms with Crippen LogP contribution in [0.2, 0.25) is 0 Å². The molecule has 21 heavy (non-hydrogen) atoms. The second-order valence-corrected chi connectivity index (χ2v) is 4.53. The van der Waals surface area contributed by atoms with Crippen LogP contribution in [-0.4, -0.2) is 4.40 Å². The smallest absolute Gasteiger partial charge is 0.137 e. The van der Waals surface area contributed by atoms with Crippen LogP contribution in [0.1, 0.15) is 16.7 Å². The number of hydrogen-bond donors (Lipinski definition) is 0. The van der Waals surface area contributed by atoms with Crippen LogP contribution in [0.3, 0.4) is 0 Å². The molecule has 0 spiro atoms. The summed E-state index contributed by atoms with van der Waals surface area (Å²) in [5.74, 6) is 0.527. The number of ether oxygens (including phenoxy) is 1. The van der Waals surface area contributed by atoms with Crippen molar-refractivity contribution >= 4 is 5.52 Å². The van der Waals surface area contributed by atoms with Crippen molar-refractivity contribution in [3.8, 4) is 17.9 Å². The Balaban J connectivity index is 1.93. The van der Waals surface area contributed by atoms with Gasteiger partial charge in [0, 0.05) is 18.0 Å². The summed E-state index contributed by atoms with van der Waals surface area (Å²) in [4.78, 5) is 0. The van der Waals surface area contributed by atoms with E-state index in [2.05, 4.69) is 12.1 Å². The van der Waals surface area contributed by atoms with Crippen LogP contribution < -0.4 is 4.74 Å². The van der Waals surface area contributed by atoms with Crippen LogP contribution >= 0.6 is 0 Å². The monoisotopic (exact) mass is 273 g/mol. The molecule has 0 N–H and O–H groups in total. The first kappa shape index (κ1) is 12.8. The van der Waals surface area contributed by atoms with Crippen molar-refractivity contribution in [2.24, 2.45) is 0 Å². The Morgan fingerprint density at radius 2 is 1.81 bits per heavy atom. The molecule has 2 heterocycles. The Hall–Kier alpha value is -3.24. The lowest BCUT2D eigenvalue weighted by atomic mass is 10.2. The van der Waals surface area contributed by atoms with Gasteiger partial charge in [-0.3, -0.25) is 0 Å². The van der Waals surface area contributed by atoms with E-state index >= 15 is 0 Å². The first-order valence-electron chi connectivity index (χ1n) is 6.44. The third-order valence-corrected chi connectivity index (χ3v) is 3.26. The average Bonchev–Trinajstić information content (AvgIpc) is 2.90. The lowest BCUT2D eigenvalue weighted by Crippen LogP contribution is -1.97. The number of para-hydroxylation sites is 1. The molecule has 0 unspecified atom stereocenters. The molecule has 4 nitrogen and oxygen atoms in total. The Kier molecular flexibility index (Phi) is 3.29. The first-order chi connectivity index (χ1) is 10.3. The van der Waals surface area contributed by atoms with Crippen LogP contribution in [-0.2, 0) is 6.61 Å². The third kappa shape index (κ3) is 2.31. The molecule has 0 saturated heterocycles. The van der Waals surface area contributed by atoms with E-state index in [1.165, 1.54) is 0 Å². The summed E-state index contributed by atoms with van der Waals surface area (Å²) in [6.07, 6.45) is 3.77. The quantitative estimate of drug-likeness (QED) is 0.735. The van der Waals surface area contributed by atoms with Crippen LogP contribution in [0.4, 0.5) is 0 Å². The molecule has 1 aromatic carbocycles. The molecule has 4 heteroatoms. The van der Waals surface area contributed by atoms with Gasteiger partial charge >= 0.3 is 0 Å². The van der Waals surface area contributed by atoms with E-state index in [-0.39, 0.29) is 6.61 Å². The summed E-state index contributed by atoms with van der Waals surface area (Å²) < 4.78 is 7.60. The van der Waals surface area contributed by atoms with Crippen LogP contribution in [0, 0.1) is 22.7 Å². The maximum Gasteiger partial charge on any atom is 0.137 e. The van der Waals surface area contributed by atoms with E-state index in [1.54, 1.807) is 18.2 Å². The van der Waals surface area contributed by atoms with Crippen LogP contribution in [0.15, 0.2) is 54.9 Å². The number of nitriles is 2. The minimum absolute atomic E-state index is 0.253. The Labute approximate surface area is 122 Å². The average molecular weight is 273 g/mol. The normalized spacial score (nSPS) is 10.0. The second kappa shape index (κ2) is 5.40. The van der Waals surface area contributed by atoms with E-state index in [4.69, 9.17) is 10.00 Å². The van der Waals surface area contributed by atoms with Crippen molar-refractivity contribution in [3.05, 3.63) is 71.5 Å².